The smallest absolute Gasteiger partial charge is 0.169 e. The topological polar surface area (TPSA) is 0 Å². The Balaban J connectivity index is 0.00000132. The molecule has 0 aliphatic heterocycles. The predicted octanol–water partition coefficient (Wildman–Crippen LogP) is 6.74. The van der Waals surface area contributed by atoms with Gasteiger partial charge in [-0.05, 0) is 54.2 Å². The van der Waals surface area contributed by atoms with Gasteiger partial charge in [0.05, 0.1) is 5.39 Å². The van der Waals surface area contributed by atoms with Crippen LogP contribution in [0.25, 0.3) is 10.8 Å². The maximum Gasteiger partial charge on any atom is 0.169 e. The van der Waals surface area contributed by atoms with Crippen LogP contribution >= 0.6 is 0 Å². The van der Waals surface area contributed by atoms with E-state index in [2.05, 4.69) is 6.92 Å². The molecule has 122 valence electrons. The van der Waals surface area contributed by atoms with Gasteiger partial charge in [-0.3, -0.25) is 0 Å². The Morgan fingerprint density at radius 2 is 1.59 bits per heavy atom. The zero-order chi connectivity index (χ0) is 15.1. The molecule has 22 heavy (non-hydrogen) atoms. The largest absolute Gasteiger partial charge is 0.206 e. The van der Waals surface area contributed by atoms with Crippen molar-refractivity contribution in [2.75, 3.05) is 0 Å². The lowest BCUT2D eigenvalue weighted by molar-refractivity contribution is 0.339. The van der Waals surface area contributed by atoms with Gasteiger partial charge in [0.25, 0.3) is 0 Å². The molecule has 0 bridgehead atoms. The Bertz CT molecular complexity index is 689. The third kappa shape index (κ3) is 2.73. The lowest BCUT2D eigenvalue weighted by atomic mass is 9.79. The summed E-state index contributed by atoms with van der Waals surface area (Å²) in [4.78, 5) is 0. The number of fused-ring (bicyclic) bond motifs is 1. The molecule has 0 atom stereocenters. The van der Waals surface area contributed by atoms with Gasteiger partial charge in [-0.1, -0.05) is 39.3 Å². The van der Waals surface area contributed by atoms with E-state index in [0.717, 1.165) is 25.7 Å². The van der Waals surface area contributed by atoms with E-state index >= 15 is 0 Å². The van der Waals surface area contributed by atoms with Crippen LogP contribution in [-0.2, 0) is 0 Å². The van der Waals surface area contributed by atoms with Crippen molar-refractivity contribution in [3.63, 3.8) is 0 Å². The Kier molecular flexibility index (Phi) is 4.84. The predicted molar refractivity (Wildman–Crippen MR) is 87.8 cm³/mol. The molecule has 0 spiro atoms. The van der Waals surface area contributed by atoms with Crippen LogP contribution < -0.4 is 0 Å². The Labute approximate surface area is 131 Å². The second-order valence-corrected chi connectivity index (χ2v) is 6.35. The fourth-order valence-corrected chi connectivity index (χ4v) is 3.37. The van der Waals surface area contributed by atoms with Gasteiger partial charge in [-0.15, -0.1) is 0 Å². The van der Waals surface area contributed by atoms with Crippen LogP contribution in [0.1, 0.15) is 58.5 Å². The van der Waals surface area contributed by atoms with Gasteiger partial charge in [0.1, 0.15) is 5.82 Å². The van der Waals surface area contributed by atoms with E-state index < -0.39 is 17.5 Å². The SMILES string of the molecule is C.Cc1ccc2cc(C3CCC(C)CC3)c(F)c(F)c2c1F.[HH]. The van der Waals surface area contributed by atoms with Crippen molar-refractivity contribution in [2.45, 2.75) is 52.9 Å². The highest BCUT2D eigenvalue weighted by Crippen LogP contribution is 2.39. The third-order valence-corrected chi connectivity index (χ3v) is 4.80. The van der Waals surface area contributed by atoms with Gasteiger partial charge in [-0.25, -0.2) is 13.2 Å². The Morgan fingerprint density at radius 1 is 0.955 bits per heavy atom. The fourth-order valence-electron chi connectivity index (χ4n) is 3.37. The molecule has 1 aliphatic carbocycles. The normalized spacial score (nSPS) is 21.7. The first-order valence-electron chi connectivity index (χ1n) is 7.55. The number of aryl methyl sites for hydroxylation is 1. The molecule has 3 heteroatoms. The molecule has 0 amide bonds. The summed E-state index contributed by atoms with van der Waals surface area (Å²) in [5.74, 6) is -1.87. The highest BCUT2D eigenvalue weighted by molar-refractivity contribution is 5.85. The van der Waals surface area contributed by atoms with Gasteiger partial charge in [0, 0.05) is 1.43 Å². The summed E-state index contributed by atoms with van der Waals surface area (Å²) in [6.07, 6.45) is 3.81. The van der Waals surface area contributed by atoms with Gasteiger partial charge in [-0.2, -0.15) is 0 Å². The van der Waals surface area contributed by atoms with Crippen LogP contribution in [0.3, 0.4) is 0 Å². The van der Waals surface area contributed by atoms with Crippen molar-refractivity contribution in [1.29, 1.82) is 0 Å². The molecule has 0 radical (unpaired) electrons. The first kappa shape index (κ1) is 16.9. The zero-order valence-corrected chi connectivity index (χ0v) is 12.3. The Hall–Kier alpha value is -1.51. The minimum absolute atomic E-state index is 0. The first-order chi connectivity index (χ1) is 9.99. The summed E-state index contributed by atoms with van der Waals surface area (Å²) in [6, 6.07) is 4.92. The van der Waals surface area contributed by atoms with Crippen LogP contribution in [0.5, 0.6) is 0 Å². The minimum atomic E-state index is -1.04. The van der Waals surface area contributed by atoms with Crippen molar-refractivity contribution in [2.24, 2.45) is 5.92 Å². The van der Waals surface area contributed by atoms with Gasteiger partial charge >= 0.3 is 0 Å². The van der Waals surface area contributed by atoms with E-state index in [0.29, 0.717) is 22.4 Å². The molecule has 0 aromatic heterocycles. The second kappa shape index (κ2) is 6.31. The van der Waals surface area contributed by atoms with Crippen LogP contribution in [0.2, 0.25) is 0 Å². The molecule has 0 nitrogen and oxygen atoms in total. The molecule has 0 heterocycles. The van der Waals surface area contributed by atoms with Crippen LogP contribution in [0.4, 0.5) is 13.2 Å². The number of halogens is 3. The van der Waals surface area contributed by atoms with E-state index in [1.807, 2.05) is 0 Å². The molecular weight excluding hydrogens is 285 g/mol. The summed E-state index contributed by atoms with van der Waals surface area (Å²) < 4.78 is 42.8. The van der Waals surface area contributed by atoms with Crippen molar-refractivity contribution in [3.05, 3.63) is 46.8 Å². The number of hydrogen-bond acceptors (Lipinski definition) is 0. The van der Waals surface area contributed by atoms with E-state index in [9.17, 15) is 13.2 Å². The molecule has 0 unspecified atom stereocenters. The van der Waals surface area contributed by atoms with Crippen LogP contribution in [0.15, 0.2) is 18.2 Å². The molecule has 2 aromatic rings. The maximum atomic E-state index is 14.4. The third-order valence-electron chi connectivity index (χ3n) is 4.80. The molecule has 0 saturated heterocycles. The van der Waals surface area contributed by atoms with Crippen molar-refractivity contribution in [1.82, 2.24) is 0 Å². The lowest BCUT2D eigenvalue weighted by Crippen LogP contribution is -2.13. The molecule has 2 aromatic carbocycles. The highest BCUT2D eigenvalue weighted by Gasteiger charge is 2.26. The molecule has 1 aliphatic rings. The molecule has 0 N–H and O–H groups in total. The highest BCUT2D eigenvalue weighted by atomic mass is 19.2. The van der Waals surface area contributed by atoms with Gasteiger partial charge < -0.3 is 0 Å². The van der Waals surface area contributed by atoms with Crippen LogP contribution in [-0.4, -0.2) is 0 Å². The second-order valence-electron chi connectivity index (χ2n) is 6.35. The fraction of sp³-hybridized carbons (Fsp3) is 0.474. The summed E-state index contributed by atoms with van der Waals surface area (Å²) in [5.41, 5.74) is 0.746. The van der Waals surface area contributed by atoms with E-state index in [1.54, 1.807) is 25.1 Å². The van der Waals surface area contributed by atoms with E-state index in [4.69, 9.17) is 0 Å². The van der Waals surface area contributed by atoms with E-state index in [-0.39, 0.29) is 20.2 Å². The summed E-state index contributed by atoms with van der Waals surface area (Å²) in [5, 5.41) is 0.228. The standard InChI is InChI=1S/C18H19F3.CH4.H2/c1-10-3-6-12(7-4-10)14-9-13-8-5-11(2)16(19)15(13)18(21)17(14)20;;/h5,8-10,12H,3-4,6-7H2,1-2H3;1H4;1H. The molecule has 1 fully saturated rings. The van der Waals surface area contributed by atoms with Crippen molar-refractivity contribution >= 4 is 10.8 Å². The summed E-state index contributed by atoms with van der Waals surface area (Å²) in [7, 11) is 0. The van der Waals surface area contributed by atoms with E-state index in [1.165, 1.54) is 0 Å². The average Bonchev–Trinajstić information content (AvgIpc) is 2.47. The average molecular weight is 310 g/mol. The monoisotopic (exact) mass is 310 g/mol. The van der Waals surface area contributed by atoms with Gasteiger partial charge in [0.15, 0.2) is 11.6 Å². The zero-order valence-electron chi connectivity index (χ0n) is 12.3. The Morgan fingerprint density at radius 3 is 2.23 bits per heavy atom. The first-order valence-corrected chi connectivity index (χ1v) is 7.55. The number of rotatable bonds is 1. The molecule has 3 rings (SSSR count). The maximum absolute atomic E-state index is 14.4. The lowest BCUT2D eigenvalue weighted by Gasteiger charge is -2.27. The minimum Gasteiger partial charge on any atom is -0.206 e. The van der Waals surface area contributed by atoms with Crippen LogP contribution in [0, 0.1) is 30.3 Å². The number of hydrogen-bond donors (Lipinski definition) is 0. The number of benzene rings is 2. The van der Waals surface area contributed by atoms with Gasteiger partial charge in [0.2, 0.25) is 0 Å². The van der Waals surface area contributed by atoms with Crippen molar-refractivity contribution < 1.29 is 14.6 Å². The molecular formula is C19H25F3. The summed E-state index contributed by atoms with van der Waals surface area (Å²) >= 11 is 0. The summed E-state index contributed by atoms with van der Waals surface area (Å²) in [6.45, 7) is 3.74. The quantitative estimate of drug-likeness (QED) is 0.547. The van der Waals surface area contributed by atoms with Crippen molar-refractivity contribution in [3.8, 4) is 0 Å². The molecule has 1 saturated carbocycles.